The minimum absolute atomic E-state index is 0.251. The highest BCUT2D eigenvalue weighted by molar-refractivity contribution is 5.81. The molecule has 0 spiro atoms. The van der Waals surface area contributed by atoms with Gasteiger partial charge in [0.1, 0.15) is 0 Å². The fraction of sp³-hybridized carbons (Fsp3) is 0.727. The Balaban J connectivity index is 3.49. The highest BCUT2D eigenvalue weighted by atomic mass is 16.5. The maximum Gasteiger partial charge on any atom is 0.330 e. The number of hydrogen-bond acceptors (Lipinski definition) is 4. The average Bonchev–Trinajstić information content (AvgIpc) is 2.23. The van der Waals surface area contributed by atoms with Gasteiger partial charge in [-0.05, 0) is 19.3 Å². The summed E-state index contributed by atoms with van der Waals surface area (Å²) in [6.07, 6.45) is 2.10. The summed E-state index contributed by atoms with van der Waals surface area (Å²) in [5.74, 6) is -0.460. The third kappa shape index (κ3) is 7.11. The largest absolute Gasteiger partial charge is 0.463 e. The SMILES string of the molecule is C=CC(=O)OCCCC(O)C(O)CCC. The molecule has 0 heterocycles. The molecule has 0 aliphatic rings. The first kappa shape index (κ1) is 14.1. The Bertz CT molecular complexity index is 191. The van der Waals surface area contributed by atoms with Crippen LogP contribution in [0, 0.1) is 0 Å². The van der Waals surface area contributed by atoms with E-state index in [0.717, 1.165) is 12.5 Å². The molecule has 0 saturated carbocycles. The van der Waals surface area contributed by atoms with Crippen LogP contribution < -0.4 is 0 Å². The first-order valence-corrected chi connectivity index (χ1v) is 5.27. The van der Waals surface area contributed by atoms with Crippen LogP contribution in [0.2, 0.25) is 0 Å². The van der Waals surface area contributed by atoms with Crippen LogP contribution in [0.3, 0.4) is 0 Å². The van der Waals surface area contributed by atoms with E-state index in [-0.39, 0.29) is 6.61 Å². The molecule has 4 heteroatoms. The predicted octanol–water partition coefficient (Wildman–Crippen LogP) is 1.02. The molecule has 2 N–H and O–H groups in total. The molecule has 0 aromatic rings. The second kappa shape index (κ2) is 8.44. The standard InChI is InChI=1S/C11H20O4/c1-3-6-9(12)10(13)7-5-8-15-11(14)4-2/h4,9-10,12-13H,2-3,5-8H2,1H3. The third-order valence-corrected chi connectivity index (χ3v) is 2.08. The zero-order valence-corrected chi connectivity index (χ0v) is 9.19. The molecule has 0 aromatic heterocycles. The van der Waals surface area contributed by atoms with Crippen molar-refractivity contribution in [1.29, 1.82) is 0 Å². The lowest BCUT2D eigenvalue weighted by Crippen LogP contribution is -2.25. The van der Waals surface area contributed by atoms with Gasteiger partial charge in [-0.2, -0.15) is 0 Å². The maximum absolute atomic E-state index is 10.6. The van der Waals surface area contributed by atoms with Gasteiger partial charge in [0.05, 0.1) is 18.8 Å². The van der Waals surface area contributed by atoms with E-state index >= 15 is 0 Å². The molecule has 0 amide bonds. The second-order valence-electron chi connectivity index (χ2n) is 3.44. The summed E-state index contributed by atoms with van der Waals surface area (Å²) in [7, 11) is 0. The predicted molar refractivity (Wildman–Crippen MR) is 57.3 cm³/mol. The maximum atomic E-state index is 10.6. The Kier molecular flexibility index (Phi) is 7.95. The Labute approximate surface area is 90.6 Å². The fourth-order valence-corrected chi connectivity index (χ4v) is 1.20. The minimum Gasteiger partial charge on any atom is -0.463 e. The normalized spacial score (nSPS) is 14.3. The Hall–Kier alpha value is -0.870. The zero-order chi connectivity index (χ0) is 11.7. The fourth-order valence-electron chi connectivity index (χ4n) is 1.20. The van der Waals surface area contributed by atoms with Crippen molar-refractivity contribution in [1.82, 2.24) is 0 Å². The summed E-state index contributed by atoms with van der Waals surface area (Å²) < 4.78 is 4.73. The summed E-state index contributed by atoms with van der Waals surface area (Å²) in [4.78, 5) is 10.6. The Morgan fingerprint density at radius 1 is 1.40 bits per heavy atom. The van der Waals surface area contributed by atoms with Gasteiger partial charge in [-0.3, -0.25) is 0 Å². The topological polar surface area (TPSA) is 66.8 Å². The molecule has 4 nitrogen and oxygen atoms in total. The van der Waals surface area contributed by atoms with E-state index < -0.39 is 18.2 Å². The van der Waals surface area contributed by atoms with Gasteiger partial charge in [0, 0.05) is 6.08 Å². The van der Waals surface area contributed by atoms with Gasteiger partial charge < -0.3 is 14.9 Å². The number of carbonyl (C=O) groups excluding carboxylic acids is 1. The van der Waals surface area contributed by atoms with Gasteiger partial charge in [-0.1, -0.05) is 19.9 Å². The quantitative estimate of drug-likeness (QED) is 0.361. The van der Waals surface area contributed by atoms with E-state index in [0.29, 0.717) is 19.3 Å². The molecule has 0 bridgehead atoms. The Morgan fingerprint density at radius 3 is 2.53 bits per heavy atom. The number of carbonyl (C=O) groups is 1. The number of esters is 1. The molecule has 0 fully saturated rings. The third-order valence-electron chi connectivity index (χ3n) is 2.08. The van der Waals surface area contributed by atoms with Crippen LogP contribution in [-0.2, 0) is 9.53 Å². The van der Waals surface area contributed by atoms with E-state index in [1.807, 2.05) is 6.92 Å². The first-order chi connectivity index (χ1) is 7.11. The van der Waals surface area contributed by atoms with E-state index in [9.17, 15) is 15.0 Å². The highest BCUT2D eigenvalue weighted by Crippen LogP contribution is 2.07. The molecule has 2 atom stereocenters. The lowest BCUT2D eigenvalue weighted by Gasteiger charge is -2.16. The van der Waals surface area contributed by atoms with Crippen LogP contribution in [-0.4, -0.2) is 35.0 Å². The van der Waals surface area contributed by atoms with Crippen molar-refractivity contribution in [3.8, 4) is 0 Å². The van der Waals surface area contributed by atoms with E-state index in [4.69, 9.17) is 4.74 Å². The van der Waals surface area contributed by atoms with E-state index in [1.165, 1.54) is 0 Å². The summed E-state index contributed by atoms with van der Waals surface area (Å²) in [6, 6.07) is 0. The van der Waals surface area contributed by atoms with Crippen LogP contribution in [0.25, 0.3) is 0 Å². The van der Waals surface area contributed by atoms with Gasteiger partial charge >= 0.3 is 5.97 Å². The number of aliphatic hydroxyl groups is 2. The zero-order valence-electron chi connectivity index (χ0n) is 9.19. The number of hydrogen-bond donors (Lipinski definition) is 2. The van der Waals surface area contributed by atoms with Crippen LogP contribution in [0.1, 0.15) is 32.6 Å². The molecule has 0 rings (SSSR count). The van der Waals surface area contributed by atoms with Crippen molar-refractivity contribution in [2.45, 2.75) is 44.8 Å². The lowest BCUT2D eigenvalue weighted by atomic mass is 10.1. The lowest BCUT2D eigenvalue weighted by molar-refractivity contribution is -0.138. The average molecular weight is 216 g/mol. The summed E-state index contributed by atoms with van der Waals surface area (Å²) >= 11 is 0. The minimum atomic E-state index is -0.729. The number of aliphatic hydroxyl groups excluding tert-OH is 2. The van der Waals surface area contributed by atoms with Gasteiger partial charge in [-0.15, -0.1) is 0 Å². The Morgan fingerprint density at radius 2 is 2.00 bits per heavy atom. The molecule has 0 radical (unpaired) electrons. The van der Waals surface area contributed by atoms with Crippen LogP contribution >= 0.6 is 0 Å². The van der Waals surface area contributed by atoms with Crippen molar-refractivity contribution >= 4 is 5.97 Å². The van der Waals surface area contributed by atoms with Crippen molar-refractivity contribution in [3.63, 3.8) is 0 Å². The molecule has 0 aliphatic carbocycles. The number of rotatable bonds is 8. The van der Waals surface area contributed by atoms with Crippen LogP contribution in [0.15, 0.2) is 12.7 Å². The molecule has 2 unspecified atom stereocenters. The molecular weight excluding hydrogens is 196 g/mol. The molecule has 88 valence electrons. The van der Waals surface area contributed by atoms with E-state index in [1.54, 1.807) is 0 Å². The summed E-state index contributed by atoms with van der Waals surface area (Å²) in [5.41, 5.74) is 0. The van der Waals surface area contributed by atoms with E-state index in [2.05, 4.69) is 6.58 Å². The molecule has 15 heavy (non-hydrogen) atoms. The van der Waals surface area contributed by atoms with Crippen LogP contribution in [0.4, 0.5) is 0 Å². The van der Waals surface area contributed by atoms with Crippen LogP contribution in [0.5, 0.6) is 0 Å². The number of ether oxygens (including phenoxy) is 1. The van der Waals surface area contributed by atoms with Crippen molar-refractivity contribution in [3.05, 3.63) is 12.7 Å². The highest BCUT2D eigenvalue weighted by Gasteiger charge is 2.14. The monoisotopic (exact) mass is 216 g/mol. The van der Waals surface area contributed by atoms with Gasteiger partial charge in [0.2, 0.25) is 0 Å². The first-order valence-electron chi connectivity index (χ1n) is 5.27. The van der Waals surface area contributed by atoms with Crippen molar-refractivity contribution in [2.24, 2.45) is 0 Å². The van der Waals surface area contributed by atoms with Gasteiger partial charge in [0.15, 0.2) is 0 Å². The molecule has 0 aromatic carbocycles. The van der Waals surface area contributed by atoms with Gasteiger partial charge in [-0.25, -0.2) is 4.79 Å². The second-order valence-corrected chi connectivity index (χ2v) is 3.44. The summed E-state index contributed by atoms with van der Waals surface area (Å²) in [6.45, 7) is 5.46. The molecular formula is C11H20O4. The van der Waals surface area contributed by atoms with Crippen molar-refractivity contribution in [2.75, 3.05) is 6.61 Å². The molecule has 0 saturated heterocycles. The molecule has 0 aliphatic heterocycles. The van der Waals surface area contributed by atoms with Crippen molar-refractivity contribution < 1.29 is 19.7 Å². The summed E-state index contributed by atoms with van der Waals surface area (Å²) in [5, 5.41) is 18.9. The smallest absolute Gasteiger partial charge is 0.330 e. The van der Waals surface area contributed by atoms with Gasteiger partial charge in [0.25, 0.3) is 0 Å².